The van der Waals surface area contributed by atoms with Crippen LogP contribution in [0.2, 0.25) is 0 Å². The quantitative estimate of drug-likeness (QED) is 0.608. The van der Waals surface area contributed by atoms with Crippen LogP contribution in [0.5, 0.6) is 0 Å². The molecule has 0 saturated carbocycles. The Hall–Kier alpha value is -2.63. The van der Waals surface area contributed by atoms with E-state index in [1.54, 1.807) is 0 Å². The molecule has 0 radical (unpaired) electrons. The number of nitrogens with one attached hydrogen (secondary N) is 2. The van der Waals surface area contributed by atoms with Crippen LogP contribution in [0, 0.1) is 0 Å². The summed E-state index contributed by atoms with van der Waals surface area (Å²) < 4.78 is 0. The Morgan fingerprint density at radius 1 is 1.14 bits per heavy atom. The summed E-state index contributed by atoms with van der Waals surface area (Å²) in [7, 11) is 0. The number of carbonyl (C=O) groups is 3. The topological polar surface area (TPSA) is 78.5 Å². The van der Waals surface area contributed by atoms with Crippen molar-refractivity contribution in [2.24, 2.45) is 0 Å². The zero-order chi connectivity index (χ0) is 19.6. The first-order valence-corrected chi connectivity index (χ1v) is 10.3. The molecule has 0 bridgehead atoms. The average molecular weight is 381 g/mol. The van der Waals surface area contributed by atoms with Crippen LogP contribution < -0.4 is 10.6 Å². The molecule has 3 aliphatic rings. The van der Waals surface area contributed by atoms with Gasteiger partial charge in [-0.25, -0.2) is 4.79 Å². The lowest BCUT2D eigenvalue weighted by Crippen LogP contribution is -2.47. The van der Waals surface area contributed by atoms with E-state index in [0.29, 0.717) is 13.0 Å². The van der Waals surface area contributed by atoms with E-state index in [1.807, 2.05) is 24.3 Å². The second-order valence-electron chi connectivity index (χ2n) is 7.95. The summed E-state index contributed by atoms with van der Waals surface area (Å²) in [5.41, 5.74) is 2.33. The maximum atomic E-state index is 13.2. The van der Waals surface area contributed by atoms with Gasteiger partial charge in [0.2, 0.25) is 5.91 Å². The minimum absolute atomic E-state index is 0.229. The molecule has 6 heteroatoms. The fourth-order valence-corrected chi connectivity index (χ4v) is 4.65. The highest BCUT2D eigenvalue weighted by molar-refractivity contribution is 6.09. The van der Waals surface area contributed by atoms with E-state index in [1.165, 1.54) is 18.4 Å². The minimum atomic E-state index is -1.01. The number of aryl methyl sites for hydroxylation is 1. The molecule has 4 amide bonds. The van der Waals surface area contributed by atoms with Crippen molar-refractivity contribution in [1.29, 1.82) is 0 Å². The maximum absolute atomic E-state index is 13.2. The van der Waals surface area contributed by atoms with Crippen LogP contribution in [0.3, 0.4) is 0 Å². The van der Waals surface area contributed by atoms with Gasteiger partial charge in [-0.3, -0.25) is 14.5 Å². The predicted octanol–water partition coefficient (Wildman–Crippen LogP) is 2.78. The number of allylic oxidation sites excluding steroid dienone is 1. The van der Waals surface area contributed by atoms with E-state index in [0.717, 1.165) is 48.1 Å². The van der Waals surface area contributed by atoms with Gasteiger partial charge in [0.25, 0.3) is 5.91 Å². The number of benzene rings is 1. The SMILES string of the molecule is O=C(CN1C(=O)NC2(CCCc3ccccc32)C1=O)NCCC1=CCCCC1. The molecule has 0 aromatic heterocycles. The Morgan fingerprint density at radius 2 is 2.00 bits per heavy atom. The van der Waals surface area contributed by atoms with Gasteiger partial charge in [-0.15, -0.1) is 0 Å². The molecule has 1 fully saturated rings. The summed E-state index contributed by atoms with van der Waals surface area (Å²) in [6, 6.07) is 7.28. The third kappa shape index (κ3) is 3.43. The fraction of sp³-hybridized carbons (Fsp3) is 0.500. The number of hydrogen-bond acceptors (Lipinski definition) is 3. The van der Waals surface area contributed by atoms with Gasteiger partial charge in [0.05, 0.1) is 0 Å². The zero-order valence-corrected chi connectivity index (χ0v) is 16.1. The first-order valence-electron chi connectivity index (χ1n) is 10.3. The summed E-state index contributed by atoms with van der Waals surface area (Å²) >= 11 is 0. The van der Waals surface area contributed by atoms with Crippen molar-refractivity contribution in [3.05, 3.63) is 47.0 Å². The predicted molar refractivity (Wildman–Crippen MR) is 105 cm³/mol. The largest absolute Gasteiger partial charge is 0.354 e. The molecular weight excluding hydrogens is 354 g/mol. The second kappa shape index (κ2) is 7.78. The summed E-state index contributed by atoms with van der Waals surface area (Å²) in [5, 5.41) is 5.74. The lowest BCUT2D eigenvalue weighted by Gasteiger charge is -2.33. The maximum Gasteiger partial charge on any atom is 0.325 e. The molecule has 1 heterocycles. The molecule has 1 saturated heterocycles. The van der Waals surface area contributed by atoms with Crippen LogP contribution in [0.1, 0.15) is 56.1 Å². The van der Waals surface area contributed by atoms with E-state index < -0.39 is 11.6 Å². The van der Waals surface area contributed by atoms with E-state index >= 15 is 0 Å². The smallest absolute Gasteiger partial charge is 0.325 e. The van der Waals surface area contributed by atoms with Gasteiger partial charge < -0.3 is 10.6 Å². The summed E-state index contributed by atoms with van der Waals surface area (Å²) in [5.74, 6) is -0.601. The van der Waals surface area contributed by atoms with Crippen molar-refractivity contribution in [2.75, 3.05) is 13.1 Å². The number of urea groups is 1. The van der Waals surface area contributed by atoms with Crippen molar-refractivity contribution in [1.82, 2.24) is 15.5 Å². The Kier molecular flexibility index (Phi) is 5.20. The monoisotopic (exact) mass is 381 g/mol. The molecule has 1 aromatic rings. The molecule has 1 aromatic carbocycles. The number of rotatable bonds is 5. The summed E-state index contributed by atoms with van der Waals surface area (Å²) in [4.78, 5) is 39.1. The van der Waals surface area contributed by atoms with Crippen LogP contribution >= 0.6 is 0 Å². The molecule has 2 aliphatic carbocycles. The van der Waals surface area contributed by atoms with Gasteiger partial charge in [0.1, 0.15) is 12.1 Å². The van der Waals surface area contributed by atoms with Crippen molar-refractivity contribution in [3.63, 3.8) is 0 Å². The van der Waals surface area contributed by atoms with E-state index in [2.05, 4.69) is 16.7 Å². The van der Waals surface area contributed by atoms with E-state index in [4.69, 9.17) is 0 Å². The third-order valence-corrected chi connectivity index (χ3v) is 6.11. The first-order chi connectivity index (χ1) is 13.6. The number of carbonyl (C=O) groups excluding carboxylic acids is 3. The highest BCUT2D eigenvalue weighted by Crippen LogP contribution is 2.39. The van der Waals surface area contributed by atoms with Crippen molar-refractivity contribution >= 4 is 17.8 Å². The van der Waals surface area contributed by atoms with Crippen LogP contribution in [0.15, 0.2) is 35.9 Å². The Balaban J connectivity index is 1.40. The molecule has 6 nitrogen and oxygen atoms in total. The molecule has 148 valence electrons. The van der Waals surface area contributed by atoms with Crippen LogP contribution in [0.25, 0.3) is 0 Å². The highest BCUT2D eigenvalue weighted by atomic mass is 16.2. The molecular formula is C22H27N3O3. The standard InChI is InChI=1S/C22H27N3O3/c26-19(23-14-12-16-7-2-1-3-8-16)15-25-20(27)22(24-21(25)28)13-6-10-17-9-4-5-11-18(17)22/h4-5,7,9,11H,1-3,6,8,10,12-15H2,(H,23,26)(H,24,28). The van der Waals surface area contributed by atoms with Gasteiger partial charge >= 0.3 is 6.03 Å². The molecule has 1 atom stereocenters. The highest BCUT2D eigenvalue weighted by Gasteiger charge is 2.54. The van der Waals surface area contributed by atoms with Gasteiger partial charge in [-0.2, -0.15) is 0 Å². The van der Waals surface area contributed by atoms with Gasteiger partial charge in [0.15, 0.2) is 0 Å². The summed E-state index contributed by atoms with van der Waals surface area (Å²) in [6.07, 6.45) is 10.1. The molecule has 1 unspecified atom stereocenters. The number of amides is 4. The van der Waals surface area contributed by atoms with E-state index in [-0.39, 0.29) is 18.4 Å². The number of fused-ring (bicyclic) bond motifs is 2. The van der Waals surface area contributed by atoms with Crippen molar-refractivity contribution < 1.29 is 14.4 Å². The Morgan fingerprint density at radius 3 is 2.82 bits per heavy atom. The lowest BCUT2D eigenvalue weighted by molar-refractivity contribution is -0.135. The molecule has 1 aliphatic heterocycles. The molecule has 4 rings (SSSR count). The van der Waals surface area contributed by atoms with Crippen LogP contribution in [0.4, 0.5) is 4.79 Å². The summed E-state index contributed by atoms with van der Waals surface area (Å²) in [6.45, 7) is 0.315. The first kappa shape index (κ1) is 18.7. The fourth-order valence-electron chi connectivity index (χ4n) is 4.65. The molecule has 2 N–H and O–H groups in total. The number of imide groups is 1. The average Bonchev–Trinajstić information content (AvgIpc) is 2.94. The van der Waals surface area contributed by atoms with Crippen LogP contribution in [-0.2, 0) is 21.5 Å². The lowest BCUT2D eigenvalue weighted by atomic mass is 9.76. The number of hydrogen-bond donors (Lipinski definition) is 2. The zero-order valence-electron chi connectivity index (χ0n) is 16.1. The molecule has 1 spiro atoms. The Bertz CT molecular complexity index is 832. The van der Waals surface area contributed by atoms with Gasteiger partial charge in [0, 0.05) is 6.54 Å². The minimum Gasteiger partial charge on any atom is -0.354 e. The van der Waals surface area contributed by atoms with Gasteiger partial charge in [-0.05, 0) is 62.5 Å². The Labute approximate surface area is 165 Å². The molecule has 28 heavy (non-hydrogen) atoms. The number of nitrogens with zero attached hydrogens (tertiary/aromatic N) is 1. The van der Waals surface area contributed by atoms with E-state index in [9.17, 15) is 14.4 Å². The van der Waals surface area contributed by atoms with Crippen LogP contribution in [-0.4, -0.2) is 35.8 Å². The third-order valence-electron chi connectivity index (χ3n) is 6.11. The second-order valence-corrected chi connectivity index (χ2v) is 7.95. The normalized spacial score (nSPS) is 24.0. The van der Waals surface area contributed by atoms with Crippen molar-refractivity contribution in [3.8, 4) is 0 Å². The van der Waals surface area contributed by atoms with Crippen molar-refractivity contribution in [2.45, 2.75) is 56.9 Å². The van der Waals surface area contributed by atoms with Gasteiger partial charge in [-0.1, -0.05) is 35.9 Å².